The first kappa shape index (κ1) is 14.3. The van der Waals surface area contributed by atoms with Gasteiger partial charge >= 0.3 is 0 Å². The van der Waals surface area contributed by atoms with Gasteiger partial charge in [0.2, 0.25) is 0 Å². The molecule has 2 aromatic carbocycles. The topological polar surface area (TPSA) is 12.0 Å². The van der Waals surface area contributed by atoms with Crippen LogP contribution in [0.25, 0.3) is 0 Å². The van der Waals surface area contributed by atoms with Crippen LogP contribution in [0.1, 0.15) is 35.2 Å². The van der Waals surface area contributed by atoms with Crippen molar-refractivity contribution < 1.29 is 0 Å². The Bertz CT molecular complexity index is 563. The van der Waals surface area contributed by atoms with Crippen LogP contribution in [0.5, 0.6) is 0 Å². The van der Waals surface area contributed by atoms with Gasteiger partial charge in [-0.1, -0.05) is 65.3 Å². The molecule has 1 N–H and O–H groups in total. The zero-order chi connectivity index (χ0) is 13.8. The van der Waals surface area contributed by atoms with Crippen molar-refractivity contribution >= 4 is 15.9 Å². The van der Waals surface area contributed by atoms with Crippen molar-refractivity contribution in [3.8, 4) is 0 Å². The molecule has 0 amide bonds. The third-order valence-corrected chi connectivity index (χ3v) is 4.52. The highest BCUT2D eigenvalue weighted by Gasteiger charge is 2.17. The Labute approximate surface area is 124 Å². The monoisotopic (exact) mass is 317 g/mol. The predicted octanol–water partition coefficient (Wildman–Crippen LogP) is 4.76. The Kier molecular flexibility index (Phi) is 4.78. The molecule has 0 saturated carbocycles. The van der Waals surface area contributed by atoms with E-state index < -0.39 is 0 Å². The normalized spacial score (nSPS) is 12.4. The number of rotatable bonds is 4. The number of nitrogens with one attached hydrogen (secondary N) is 1. The van der Waals surface area contributed by atoms with E-state index >= 15 is 0 Å². The van der Waals surface area contributed by atoms with Crippen LogP contribution in [0.3, 0.4) is 0 Å². The van der Waals surface area contributed by atoms with Gasteiger partial charge in [0, 0.05) is 4.47 Å². The number of halogens is 1. The molecule has 0 spiro atoms. The summed E-state index contributed by atoms with van der Waals surface area (Å²) >= 11 is 3.73. The van der Waals surface area contributed by atoms with Crippen molar-refractivity contribution in [1.29, 1.82) is 0 Å². The largest absolute Gasteiger partial charge is 0.306 e. The van der Waals surface area contributed by atoms with Crippen molar-refractivity contribution in [1.82, 2.24) is 5.32 Å². The summed E-state index contributed by atoms with van der Waals surface area (Å²) in [5.74, 6) is 0. The van der Waals surface area contributed by atoms with Gasteiger partial charge in [-0.25, -0.2) is 0 Å². The van der Waals surface area contributed by atoms with E-state index in [0.29, 0.717) is 0 Å². The molecular weight excluding hydrogens is 298 g/mol. The molecule has 2 heteroatoms. The van der Waals surface area contributed by atoms with Crippen LogP contribution in [-0.2, 0) is 0 Å². The van der Waals surface area contributed by atoms with E-state index in [-0.39, 0.29) is 6.04 Å². The summed E-state index contributed by atoms with van der Waals surface area (Å²) < 4.78 is 1.20. The molecule has 2 aromatic rings. The summed E-state index contributed by atoms with van der Waals surface area (Å²) in [5, 5.41) is 3.59. The maximum absolute atomic E-state index is 3.73. The van der Waals surface area contributed by atoms with Crippen LogP contribution in [-0.4, -0.2) is 6.54 Å². The third-order valence-electron chi connectivity index (χ3n) is 3.44. The lowest BCUT2D eigenvalue weighted by atomic mass is 9.94. The molecule has 0 aliphatic rings. The van der Waals surface area contributed by atoms with Gasteiger partial charge in [0.05, 0.1) is 6.04 Å². The zero-order valence-electron chi connectivity index (χ0n) is 11.7. The molecule has 0 aliphatic carbocycles. The van der Waals surface area contributed by atoms with Crippen LogP contribution in [0.15, 0.2) is 46.9 Å². The molecule has 100 valence electrons. The van der Waals surface area contributed by atoms with Crippen molar-refractivity contribution in [3.63, 3.8) is 0 Å². The van der Waals surface area contributed by atoms with Gasteiger partial charge in [-0.05, 0) is 42.6 Å². The lowest BCUT2D eigenvalue weighted by Crippen LogP contribution is -2.23. The summed E-state index contributed by atoms with van der Waals surface area (Å²) in [4.78, 5) is 0. The lowest BCUT2D eigenvalue weighted by Gasteiger charge is -2.22. The quantitative estimate of drug-likeness (QED) is 0.856. The van der Waals surface area contributed by atoms with E-state index in [1.807, 2.05) is 0 Å². The van der Waals surface area contributed by atoms with E-state index in [2.05, 4.69) is 84.5 Å². The van der Waals surface area contributed by atoms with Gasteiger partial charge in [0.1, 0.15) is 0 Å². The molecular formula is C17H20BrN. The summed E-state index contributed by atoms with van der Waals surface area (Å²) in [6, 6.07) is 15.3. The van der Waals surface area contributed by atoms with E-state index in [1.165, 1.54) is 26.7 Å². The number of benzene rings is 2. The standard InChI is InChI=1S/C17H20BrN/c1-4-19-17(14-10-6-5-8-12(14)2)15-11-7-9-13(3)16(15)18/h5-11,17,19H,4H2,1-3H3. The van der Waals surface area contributed by atoms with E-state index in [1.54, 1.807) is 0 Å². The van der Waals surface area contributed by atoms with Gasteiger partial charge in [-0.15, -0.1) is 0 Å². The Hall–Kier alpha value is -1.12. The molecule has 1 nitrogen and oxygen atoms in total. The van der Waals surface area contributed by atoms with Gasteiger partial charge in [0.15, 0.2) is 0 Å². The first-order valence-electron chi connectivity index (χ1n) is 6.69. The van der Waals surface area contributed by atoms with Crippen LogP contribution >= 0.6 is 15.9 Å². The zero-order valence-corrected chi connectivity index (χ0v) is 13.3. The number of hydrogen-bond acceptors (Lipinski definition) is 1. The average Bonchev–Trinajstić information content (AvgIpc) is 2.41. The Morgan fingerprint density at radius 3 is 2.26 bits per heavy atom. The van der Waals surface area contributed by atoms with E-state index in [0.717, 1.165) is 6.54 Å². The fourth-order valence-electron chi connectivity index (χ4n) is 2.40. The first-order chi connectivity index (χ1) is 9.15. The highest BCUT2D eigenvalue weighted by Crippen LogP contribution is 2.32. The van der Waals surface area contributed by atoms with Crippen LogP contribution in [0, 0.1) is 13.8 Å². The third kappa shape index (κ3) is 3.07. The minimum atomic E-state index is 0.237. The van der Waals surface area contributed by atoms with Crippen LogP contribution in [0.4, 0.5) is 0 Å². The second-order valence-corrected chi connectivity index (χ2v) is 5.62. The SMILES string of the molecule is CCNC(c1ccccc1C)c1cccc(C)c1Br. The Morgan fingerprint density at radius 1 is 0.947 bits per heavy atom. The number of hydrogen-bond donors (Lipinski definition) is 1. The summed E-state index contributed by atoms with van der Waals surface area (Å²) in [6.07, 6.45) is 0. The second-order valence-electron chi connectivity index (χ2n) is 4.83. The van der Waals surface area contributed by atoms with E-state index in [9.17, 15) is 0 Å². The van der Waals surface area contributed by atoms with Crippen molar-refractivity contribution in [3.05, 3.63) is 69.2 Å². The van der Waals surface area contributed by atoms with Gasteiger partial charge in [-0.3, -0.25) is 0 Å². The van der Waals surface area contributed by atoms with Crippen LogP contribution < -0.4 is 5.32 Å². The molecule has 0 fully saturated rings. The lowest BCUT2D eigenvalue weighted by molar-refractivity contribution is 0.625. The molecule has 0 radical (unpaired) electrons. The minimum absolute atomic E-state index is 0.237. The fraction of sp³-hybridized carbons (Fsp3) is 0.294. The van der Waals surface area contributed by atoms with E-state index in [4.69, 9.17) is 0 Å². The van der Waals surface area contributed by atoms with Crippen molar-refractivity contribution in [2.75, 3.05) is 6.54 Å². The highest BCUT2D eigenvalue weighted by molar-refractivity contribution is 9.10. The molecule has 19 heavy (non-hydrogen) atoms. The Balaban J connectivity index is 2.52. The van der Waals surface area contributed by atoms with Crippen molar-refractivity contribution in [2.45, 2.75) is 26.8 Å². The van der Waals surface area contributed by atoms with Gasteiger partial charge in [-0.2, -0.15) is 0 Å². The first-order valence-corrected chi connectivity index (χ1v) is 7.48. The minimum Gasteiger partial charge on any atom is -0.306 e. The molecule has 0 aliphatic heterocycles. The maximum Gasteiger partial charge on any atom is 0.0590 e. The molecule has 0 bridgehead atoms. The van der Waals surface area contributed by atoms with Gasteiger partial charge < -0.3 is 5.32 Å². The molecule has 2 rings (SSSR count). The molecule has 0 heterocycles. The van der Waals surface area contributed by atoms with Gasteiger partial charge in [0.25, 0.3) is 0 Å². The Morgan fingerprint density at radius 2 is 1.58 bits per heavy atom. The van der Waals surface area contributed by atoms with Crippen LogP contribution in [0.2, 0.25) is 0 Å². The second kappa shape index (κ2) is 6.36. The number of aryl methyl sites for hydroxylation is 2. The maximum atomic E-state index is 3.73. The fourth-order valence-corrected chi connectivity index (χ4v) is 2.89. The highest BCUT2D eigenvalue weighted by atomic mass is 79.9. The molecule has 0 aromatic heterocycles. The molecule has 0 saturated heterocycles. The molecule has 1 unspecified atom stereocenters. The predicted molar refractivity (Wildman–Crippen MR) is 85.6 cm³/mol. The smallest absolute Gasteiger partial charge is 0.0590 e. The molecule has 1 atom stereocenters. The summed E-state index contributed by atoms with van der Waals surface area (Å²) in [5.41, 5.74) is 5.24. The summed E-state index contributed by atoms with van der Waals surface area (Å²) in [7, 11) is 0. The average molecular weight is 318 g/mol. The van der Waals surface area contributed by atoms with Crippen molar-refractivity contribution in [2.24, 2.45) is 0 Å². The summed E-state index contributed by atoms with van der Waals surface area (Å²) in [6.45, 7) is 7.40.